The number of hydrogen-bond donors (Lipinski definition) is 1. The first-order chi connectivity index (χ1) is 12.0. The number of nitrogens with zero attached hydrogens (tertiary/aromatic N) is 2. The summed E-state index contributed by atoms with van der Waals surface area (Å²) in [5, 5.41) is 12.3. The highest BCUT2D eigenvalue weighted by Gasteiger charge is 2.11. The first-order valence-corrected chi connectivity index (χ1v) is 8.70. The normalized spacial score (nSPS) is 10.5. The minimum atomic E-state index is -0.0966. The van der Waals surface area contributed by atoms with E-state index in [1.54, 1.807) is 7.11 Å². The van der Waals surface area contributed by atoms with Gasteiger partial charge in [0, 0.05) is 5.56 Å². The predicted octanol–water partition coefficient (Wildman–Crippen LogP) is 4.01. The van der Waals surface area contributed by atoms with E-state index in [0.29, 0.717) is 11.6 Å². The molecule has 0 radical (unpaired) electrons. The summed E-state index contributed by atoms with van der Waals surface area (Å²) in [5.41, 5.74) is 4.33. The molecule has 1 amide bonds. The quantitative estimate of drug-likeness (QED) is 0.753. The molecule has 25 heavy (non-hydrogen) atoms. The highest BCUT2D eigenvalue weighted by atomic mass is 32.1. The fourth-order valence-electron chi connectivity index (χ4n) is 2.39. The summed E-state index contributed by atoms with van der Waals surface area (Å²) in [4.78, 5) is 12.2. The molecule has 0 saturated heterocycles. The molecular weight excluding hydrogens is 334 g/mol. The Labute approximate surface area is 150 Å². The number of ether oxygens (including phenoxy) is 1. The summed E-state index contributed by atoms with van der Waals surface area (Å²) in [7, 11) is 1.63. The molecule has 128 valence electrons. The maximum atomic E-state index is 12.2. The van der Waals surface area contributed by atoms with Crippen LogP contribution in [0, 0.1) is 13.8 Å². The Morgan fingerprint density at radius 2 is 1.84 bits per heavy atom. The lowest BCUT2D eigenvalue weighted by molar-refractivity contribution is -0.115. The van der Waals surface area contributed by atoms with Crippen molar-refractivity contribution in [1.82, 2.24) is 10.2 Å². The van der Waals surface area contributed by atoms with Gasteiger partial charge in [-0.05, 0) is 54.8 Å². The number of aryl methyl sites for hydroxylation is 2. The van der Waals surface area contributed by atoms with E-state index >= 15 is 0 Å². The van der Waals surface area contributed by atoms with E-state index in [1.165, 1.54) is 22.5 Å². The topological polar surface area (TPSA) is 64.1 Å². The second-order valence-electron chi connectivity index (χ2n) is 5.78. The molecule has 0 spiro atoms. The lowest BCUT2D eigenvalue weighted by Gasteiger charge is -2.05. The van der Waals surface area contributed by atoms with E-state index in [4.69, 9.17) is 4.74 Å². The number of benzene rings is 2. The van der Waals surface area contributed by atoms with Gasteiger partial charge in [-0.25, -0.2) is 0 Å². The maximum Gasteiger partial charge on any atom is 0.230 e. The van der Waals surface area contributed by atoms with Crippen molar-refractivity contribution in [3.63, 3.8) is 0 Å². The van der Waals surface area contributed by atoms with Crippen molar-refractivity contribution in [3.05, 3.63) is 59.2 Å². The van der Waals surface area contributed by atoms with E-state index in [0.717, 1.165) is 21.9 Å². The summed E-state index contributed by atoms with van der Waals surface area (Å²) >= 11 is 1.35. The van der Waals surface area contributed by atoms with Crippen LogP contribution in [0.1, 0.15) is 16.7 Å². The minimum absolute atomic E-state index is 0.0966. The molecule has 0 fully saturated rings. The summed E-state index contributed by atoms with van der Waals surface area (Å²) in [6, 6.07) is 13.6. The van der Waals surface area contributed by atoms with Crippen LogP contribution in [0.25, 0.3) is 10.6 Å². The highest BCUT2D eigenvalue weighted by molar-refractivity contribution is 7.18. The molecule has 3 aromatic rings. The lowest BCUT2D eigenvalue weighted by atomic mass is 10.0. The van der Waals surface area contributed by atoms with Crippen LogP contribution < -0.4 is 10.1 Å². The first kappa shape index (κ1) is 17.1. The largest absolute Gasteiger partial charge is 0.497 e. The molecule has 2 aromatic carbocycles. The minimum Gasteiger partial charge on any atom is -0.497 e. The third-order valence-electron chi connectivity index (χ3n) is 3.94. The van der Waals surface area contributed by atoms with Crippen LogP contribution in [0.3, 0.4) is 0 Å². The fraction of sp³-hybridized carbons (Fsp3) is 0.211. The monoisotopic (exact) mass is 353 g/mol. The Bertz CT molecular complexity index is 888. The Hall–Kier alpha value is -2.73. The average molecular weight is 353 g/mol. The molecule has 3 rings (SSSR count). The van der Waals surface area contributed by atoms with Gasteiger partial charge in [-0.2, -0.15) is 0 Å². The van der Waals surface area contributed by atoms with Crippen molar-refractivity contribution >= 4 is 22.4 Å². The van der Waals surface area contributed by atoms with Crippen LogP contribution >= 0.6 is 11.3 Å². The van der Waals surface area contributed by atoms with Crippen molar-refractivity contribution in [1.29, 1.82) is 0 Å². The number of nitrogens with one attached hydrogen (secondary N) is 1. The molecule has 0 aliphatic carbocycles. The van der Waals surface area contributed by atoms with E-state index in [9.17, 15) is 4.79 Å². The van der Waals surface area contributed by atoms with Crippen molar-refractivity contribution in [2.24, 2.45) is 0 Å². The second-order valence-corrected chi connectivity index (χ2v) is 6.76. The van der Waals surface area contributed by atoms with Crippen LogP contribution in [0.15, 0.2) is 42.5 Å². The van der Waals surface area contributed by atoms with Crippen LogP contribution in [0.2, 0.25) is 0 Å². The molecule has 0 saturated carbocycles. The third-order valence-corrected chi connectivity index (χ3v) is 4.83. The van der Waals surface area contributed by atoms with Gasteiger partial charge in [0.1, 0.15) is 10.8 Å². The lowest BCUT2D eigenvalue weighted by Crippen LogP contribution is -2.14. The molecule has 1 N–H and O–H groups in total. The number of aromatic nitrogens is 2. The van der Waals surface area contributed by atoms with Gasteiger partial charge in [0.25, 0.3) is 0 Å². The molecule has 0 atom stereocenters. The van der Waals surface area contributed by atoms with Crippen molar-refractivity contribution < 1.29 is 9.53 Å². The highest BCUT2D eigenvalue weighted by Crippen LogP contribution is 2.27. The van der Waals surface area contributed by atoms with Gasteiger partial charge in [-0.1, -0.05) is 29.5 Å². The summed E-state index contributed by atoms with van der Waals surface area (Å²) in [6.07, 6.45) is 0.318. The first-order valence-electron chi connectivity index (χ1n) is 7.89. The molecular formula is C19H19N3O2S. The van der Waals surface area contributed by atoms with Gasteiger partial charge in [0.05, 0.1) is 13.5 Å². The average Bonchev–Trinajstić information content (AvgIpc) is 3.06. The molecule has 0 aliphatic heterocycles. The Balaban J connectivity index is 1.65. The molecule has 0 unspecified atom stereocenters. The summed E-state index contributed by atoms with van der Waals surface area (Å²) in [5.74, 6) is 0.691. The predicted molar refractivity (Wildman–Crippen MR) is 100 cm³/mol. The zero-order valence-electron chi connectivity index (χ0n) is 14.4. The molecule has 0 bridgehead atoms. The van der Waals surface area contributed by atoms with Gasteiger partial charge >= 0.3 is 0 Å². The molecule has 0 aliphatic rings. The van der Waals surface area contributed by atoms with Crippen LogP contribution in [-0.2, 0) is 11.2 Å². The van der Waals surface area contributed by atoms with Gasteiger partial charge in [0.2, 0.25) is 11.0 Å². The maximum absolute atomic E-state index is 12.2. The standard InChI is InChI=1S/C19H19N3O2S/c1-12-4-5-14(10-13(12)2)11-17(23)20-19-22-21-18(25-19)15-6-8-16(24-3)9-7-15/h4-10H,11H2,1-3H3,(H,20,22,23). The fourth-order valence-corrected chi connectivity index (χ4v) is 3.15. The van der Waals surface area contributed by atoms with Crippen molar-refractivity contribution in [2.45, 2.75) is 20.3 Å². The van der Waals surface area contributed by atoms with E-state index in [1.807, 2.05) is 49.4 Å². The molecule has 5 nitrogen and oxygen atoms in total. The molecule has 1 aromatic heterocycles. The van der Waals surface area contributed by atoms with E-state index < -0.39 is 0 Å². The van der Waals surface area contributed by atoms with Crippen LogP contribution in [0.4, 0.5) is 5.13 Å². The zero-order chi connectivity index (χ0) is 17.8. The van der Waals surface area contributed by atoms with Crippen molar-refractivity contribution in [3.8, 4) is 16.3 Å². The van der Waals surface area contributed by atoms with Gasteiger partial charge in [-0.15, -0.1) is 10.2 Å². The number of rotatable bonds is 5. The number of carbonyl (C=O) groups is 1. The molecule has 1 heterocycles. The van der Waals surface area contributed by atoms with Gasteiger partial charge in [-0.3, -0.25) is 4.79 Å². The number of methoxy groups -OCH3 is 1. The SMILES string of the molecule is COc1ccc(-c2nnc(NC(=O)Cc3ccc(C)c(C)c3)s2)cc1. The van der Waals surface area contributed by atoms with Crippen LogP contribution in [-0.4, -0.2) is 23.2 Å². The van der Waals surface area contributed by atoms with E-state index in [-0.39, 0.29) is 5.91 Å². The Kier molecular flexibility index (Phi) is 5.09. The second kappa shape index (κ2) is 7.44. The van der Waals surface area contributed by atoms with Gasteiger partial charge in [0.15, 0.2) is 0 Å². The van der Waals surface area contributed by atoms with E-state index in [2.05, 4.69) is 22.4 Å². The Morgan fingerprint density at radius 3 is 2.52 bits per heavy atom. The summed E-state index contributed by atoms with van der Waals surface area (Å²) < 4.78 is 5.15. The number of amides is 1. The number of anilines is 1. The Morgan fingerprint density at radius 1 is 1.08 bits per heavy atom. The number of carbonyl (C=O) groups excluding carboxylic acids is 1. The molecule has 6 heteroatoms. The van der Waals surface area contributed by atoms with Crippen molar-refractivity contribution in [2.75, 3.05) is 12.4 Å². The van der Waals surface area contributed by atoms with Crippen LogP contribution in [0.5, 0.6) is 5.75 Å². The third kappa shape index (κ3) is 4.22. The summed E-state index contributed by atoms with van der Waals surface area (Å²) in [6.45, 7) is 4.10. The van der Waals surface area contributed by atoms with Gasteiger partial charge < -0.3 is 10.1 Å². The zero-order valence-corrected chi connectivity index (χ0v) is 15.2. The number of hydrogen-bond acceptors (Lipinski definition) is 5. The smallest absolute Gasteiger partial charge is 0.230 e.